The number of nitrogens with zero attached hydrogens (tertiary/aromatic N) is 3. The number of ketones is 1. The van der Waals surface area contributed by atoms with Crippen LogP contribution >= 0.6 is 0 Å². The number of aromatic nitrogens is 3. The molecule has 4 nitrogen and oxygen atoms in total. The lowest BCUT2D eigenvalue weighted by molar-refractivity contribution is 0.101. The van der Waals surface area contributed by atoms with E-state index in [1.165, 1.54) is 0 Å². The van der Waals surface area contributed by atoms with Gasteiger partial charge in [0.25, 0.3) is 0 Å². The number of carbonyl (C=O) groups excluding carboxylic acids is 1. The molecule has 0 saturated heterocycles. The van der Waals surface area contributed by atoms with Crippen LogP contribution in [0.15, 0.2) is 31.0 Å². The van der Waals surface area contributed by atoms with Gasteiger partial charge in [-0.3, -0.25) is 4.79 Å². The molecule has 2 aromatic rings. The second-order valence-electron chi connectivity index (χ2n) is 4.51. The zero-order valence-electron chi connectivity index (χ0n) is 10.4. The van der Waals surface area contributed by atoms with Crippen LogP contribution in [-0.4, -0.2) is 19.9 Å². The van der Waals surface area contributed by atoms with E-state index in [-0.39, 0.29) is 5.78 Å². The van der Waals surface area contributed by atoms with Crippen molar-refractivity contribution in [1.82, 2.24) is 14.1 Å². The van der Waals surface area contributed by atoms with Crippen molar-refractivity contribution >= 4 is 5.78 Å². The van der Waals surface area contributed by atoms with Crippen LogP contribution in [0, 0.1) is 0 Å². The summed E-state index contributed by atoms with van der Waals surface area (Å²) >= 11 is 0. The highest BCUT2D eigenvalue weighted by atomic mass is 16.1. The Morgan fingerprint density at radius 3 is 2.82 bits per heavy atom. The fraction of sp³-hybridized carbons (Fsp3) is 0.385. The van der Waals surface area contributed by atoms with Crippen molar-refractivity contribution in [3.63, 3.8) is 0 Å². The first-order chi connectivity index (χ1) is 8.08. The molecule has 17 heavy (non-hydrogen) atoms. The van der Waals surface area contributed by atoms with Crippen LogP contribution in [0.4, 0.5) is 0 Å². The molecule has 0 radical (unpaired) electrons. The van der Waals surface area contributed by atoms with Gasteiger partial charge in [-0.2, -0.15) is 0 Å². The molecule has 0 N–H and O–H groups in total. The molecule has 90 valence electrons. The summed E-state index contributed by atoms with van der Waals surface area (Å²) in [6.07, 6.45) is 7.51. The summed E-state index contributed by atoms with van der Waals surface area (Å²) in [5.41, 5.74) is 1.89. The molecule has 0 aromatic carbocycles. The number of imidazole rings is 1. The quantitative estimate of drug-likeness (QED) is 0.758. The lowest BCUT2D eigenvalue weighted by Gasteiger charge is -2.12. The van der Waals surface area contributed by atoms with Crippen molar-refractivity contribution in [3.05, 3.63) is 42.2 Å². The number of Topliss-reactive ketones (excluding diaryl/α,β-unsaturated/α-hetero) is 1. The van der Waals surface area contributed by atoms with Gasteiger partial charge in [-0.15, -0.1) is 0 Å². The second-order valence-corrected chi connectivity index (χ2v) is 4.51. The van der Waals surface area contributed by atoms with E-state index in [1.54, 1.807) is 6.92 Å². The van der Waals surface area contributed by atoms with Crippen molar-refractivity contribution < 1.29 is 4.79 Å². The topological polar surface area (TPSA) is 39.8 Å². The third kappa shape index (κ3) is 2.46. The zero-order chi connectivity index (χ0) is 12.4. The highest BCUT2D eigenvalue weighted by molar-refractivity contribution is 5.93. The Kier molecular flexibility index (Phi) is 3.13. The predicted molar refractivity (Wildman–Crippen MR) is 66.2 cm³/mol. The monoisotopic (exact) mass is 231 g/mol. The molecule has 4 heteroatoms. The first kappa shape index (κ1) is 11.6. The van der Waals surface area contributed by atoms with Crippen molar-refractivity contribution in [2.45, 2.75) is 33.4 Å². The molecule has 0 aliphatic rings. The molecule has 0 spiro atoms. The van der Waals surface area contributed by atoms with E-state index >= 15 is 0 Å². The predicted octanol–water partition coefficient (Wildman–Crippen LogP) is 2.52. The molecule has 2 heterocycles. The van der Waals surface area contributed by atoms with Crippen molar-refractivity contribution in [2.75, 3.05) is 0 Å². The molecular formula is C13H17N3O. The Labute approximate surface area is 101 Å². The summed E-state index contributed by atoms with van der Waals surface area (Å²) < 4.78 is 4.14. The Bertz CT molecular complexity index is 522. The van der Waals surface area contributed by atoms with Crippen molar-refractivity contribution in [3.8, 4) is 0 Å². The first-order valence-corrected chi connectivity index (χ1v) is 5.75. The van der Waals surface area contributed by atoms with Crippen LogP contribution in [0.3, 0.4) is 0 Å². The number of hydrogen-bond donors (Lipinski definition) is 0. The second kappa shape index (κ2) is 4.57. The fourth-order valence-electron chi connectivity index (χ4n) is 1.85. The van der Waals surface area contributed by atoms with E-state index < -0.39 is 0 Å². The maximum Gasteiger partial charge on any atom is 0.161 e. The lowest BCUT2D eigenvalue weighted by atomic mass is 10.2. The third-order valence-electron chi connectivity index (χ3n) is 2.80. The summed E-state index contributed by atoms with van der Waals surface area (Å²) in [6.45, 7) is 6.58. The van der Waals surface area contributed by atoms with Crippen LogP contribution in [0.5, 0.6) is 0 Å². The fourth-order valence-corrected chi connectivity index (χ4v) is 1.85. The van der Waals surface area contributed by atoms with Gasteiger partial charge in [-0.1, -0.05) is 0 Å². The maximum absolute atomic E-state index is 11.2. The standard InChI is InChI=1S/C13H17N3O/c1-10(2)16-9-14-6-13(16)8-15-5-4-12(7-15)11(3)17/h4-7,9-10H,8H2,1-3H3. The van der Waals surface area contributed by atoms with Gasteiger partial charge in [0.2, 0.25) is 0 Å². The summed E-state index contributed by atoms with van der Waals surface area (Å²) in [6, 6.07) is 2.24. The van der Waals surface area contributed by atoms with Crippen LogP contribution in [0.1, 0.15) is 42.9 Å². The molecule has 2 rings (SSSR count). The van der Waals surface area contributed by atoms with E-state index in [0.29, 0.717) is 6.04 Å². The van der Waals surface area contributed by atoms with Crippen LogP contribution < -0.4 is 0 Å². The number of rotatable bonds is 4. The van der Waals surface area contributed by atoms with Crippen LogP contribution in [0.25, 0.3) is 0 Å². The van der Waals surface area contributed by atoms with Gasteiger partial charge < -0.3 is 9.13 Å². The van der Waals surface area contributed by atoms with E-state index in [9.17, 15) is 4.79 Å². The summed E-state index contributed by atoms with van der Waals surface area (Å²) in [5, 5.41) is 0. The molecule has 0 aliphatic heterocycles. The molecule has 2 aromatic heterocycles. The van der Waals surface area contributed by atoms with Crippen LogP contribution in [-0.2, 0) is 6.54 Å². The maximum atomic E-state index is 11.2. The summed E-state index contributed by atoms with van der Waals surface area (Å²) in [4.78, 5) is 15.4. The van der Waals surface area contributed by atoms with Gasteiger partial charge in [0.15, 0.2) is 5.78 Å². The van der Waals surface area contributed by atoms with E-state index in [1.807, 2.05) is 35.6 Å². The van der Waals surface area contributed by atoms with Crippen LogP contribution in [0.2, 0.25) is 0 Å². The largest absolute Gasteiger partial charge is 0.348 e. The third-order valence-corrected chi connectivity index (χ3v) is 2.80. The summed E-state index contributed by atoms with van der Waals surface area (Å²) in [7, 11) is 0. The van der Waals surface area contributed by atoms with E-state index in [0.717, 1.165) is 17.8 Å². The SMILES string of the molecule is CC(=O)c1ccn(Cc2cncn2C(C)C)c1. The first-order valence-electron chi connectivity index (χ1n) is 5.75. The lowest BCUT2D eigenvalue weighted by Crippen LogP contribution is -2.07. The molecule has 0 bridgehead atoms. The minimum absolute atomic E-state index is 0.0983. The normalized spacial score (nSPS) is 11.1. The van der Waals surface area contributed by atoms with Crippen molar-refractivity contribution in [1.29, 1.82) is 0 Å². The Morgan fingerprint density at radius 2 is 2.24 bits per heavy atom. The molecular weight excluding hydrogens is 214 g/mol. The van der Waals surface area contributed by atoms with Gasteiger partial charge in [0.05, 0.1) is 18.6 Å². The van der Waals surface area contributed by atoms with Gasteiger partial charge in [0.1, 0.15) is 0 Å². The summed E-state index contributed by atoms with van der Waals surface area (Å²) in [5.74, 6) is 0.0983. The zero-order valence-corrected chi connectivity index (χ0v) is 10.4. The molecule has 0 aliphatic carbocycles. The molecule has 0 saturated carbocycles. The molecule has 0 atom stereocenters. The van der Waals surface area contributed by atoms with Gasteiger partial charge in [0, 0.05) is 30.2 Å². The Balaban J connectivity index is 2.19. The highest BCUT2D eigenvalue weighted by Gasteiger charge is 2.07. The molecule has 0 amide bonds. The number of carbonyl (C=O) groups is 1. The minimum atomic E-state index is 0.0983. The minimum Gasteiger partial charge on any atom is -0.348 e. The number of hydrogen-bond acceptors (Lipinski definition) is 2. The van der Waals surface area contributed by atoms with E-state index in [2.05, 4.69) is 23.4 Å². The van der Waals surface area contributed by atoms with Crippen molar-refractivity contribution in [2.24, 2.45) is 0 Å². The van der Waals surface area contributed by atoms with E-state index in [4.69, 9.17) is 0 Å². The van der Waals surface area contributed by atoms with Gasteiger partial charge in [-0.05, 0) is 26.8 Å². The Hall–Kier alpha value is -1.84. The average molecular weight is 231 g/mol. The molecule has 0 unspecified atom stereocenters. The molecule has 0 fully saturated rings. The average Bonchev–Trinajstić information content (AvgIpc) is 2.86. The smallest absolute Gasteiger partial charge is 0.161 e. The Morgan fingerprint density at radius 1 is 1.47 bits per heavy atom. The highest BCUT2D eigenvalue weighted by Crippen LogP contribution is 2.11. The van der Waals surface area contributed by atoms with Gasteiger partial charge >= 0.3 is 0 Å². The van der Waals surface area contributed by atoms with Gasteiger partial charge in [-0.25, -0.2) is 4.98 Å².